The molecule has 0 fully saturated rings. The van der Waals surface area contributed by atoms with Crippen molar-refractivity contribution in [3.63, 3.8) is 0 Å². The van der Waals surface area contributed by atoms with Gasteiger partial charge in [0.2, 0.25) is 0 Å². The van der Waals surface area contributed by atoms with Crippen molar-refractivity contribution in [1.82, 2.24) is 4.98 Å². The molecule has 1 N–H and O–H groups in total. The minimum atomic E-state index is -1.47. The van der Waals surface area contributed by atoms with Crippen LogP contribution in [0.4, 0.5) is 18.9 Å². The third-order valence-electron chi connectivity index (χ3n) is 3.07. The Morgan fingerprint density at radius 2 is 1.75 bits per heavy atom. The number of rotatable bonds is 2. The first-order chi connectivity index (χ1) is 9.25. The Bertz CT molecular complexity index is 660. The number of fused-ring (bicyclic) bond motifs is 1. The monoisotopic (exact) mass is 282 g/mol. The first-order valence-corrected chi connectivity index (χ1v) is 6.48. The van der Waals surface area contributed by atoms with E-state index in [0.717, 1.165) is 6.07 Å². The van der Waals surface area contributed by atoms with E-state index in [1.807, 2.05) is 27.7 Å². The van der Waals surface area contributed by atoms with Crippen molar-refractivity contribution in [2.45, 2.75) is 33.1 Å². The van der Waals surface area contributed by atoms with Gasteiger partial charge >= 0.3 is 0 Å². The number of nitrogens with zero attached hydrogens (tertiary/aromatic N) is 1. The SMILES string of the molecule is CCNc1cc(C(C)(C)C)nc2cc(F)c(F)c(F)c12. The molecule has 5 heteroatoms. The molecular weight excluding hydrogens is 265 g/mol. The van der Waals surface area contributed by atoms with Gasteiger partial charge in [0.15, 0.2) is 17.5 Å². The van der Waals surface area contributed by atoms with E-state index in [-0.39, 0.29) is 16.3 Å². The summed E-state index contributed by atoms with van der Waals surface area (Å²) >= 11 is 0. The number of hydrogen-bond acceptors (Lipinski definition) is 2. The lowest BCUT2D eigenvalue weighted by atomic mass is 9.90. The number of halogens is 3. The Labute approximate surface area is 116 Å². The fraction of sp³-hybridized carbons (Fsp3) is 0.400. The van der Waals surface area contributed by atoms with Gasteiger partial charge in [0.1, 0.15) is 0 Å². The van der Waals surface area contributed by atoms with E-state index in [9.17, 15) is 13.2 Å². The number of nitrogens with one attached hydrogen (secondary N) is 1. The molecule has 2 aromatic rings. The number of anilines is 1. The van der Waals surface area contributed by atoms with Gasteiger partial charge in [-0.05, 0) is 13.0 Å². The summed E-state index contributed by atoms with van der Waals surface area (Å²) in [5.41, 5.74) is 0.953. The van der Waals surface area contributed by atoms with Crippen LogP contribution in [-0.4, -0.2) is 11.5 Å². The second-order valence-corrected chi connectivity index (χ2v) is 5.72. The molecule has 20 heavy (non-hydrogen) atoms. The highest BCUT2D eigenvalue weighted by Crippen LogP contribution is 2.32. The molecule has 1 aromatic heterocycles. The number of benzene rings is 1. The van der Waals surface area contributed by atoms with Gasteiger partial charge < -0.3 is 5.32 Å². The highest BCUT2D eigenvalue weighted by Gasteiger charge is 2.22. The smallest absolute Gasteiger partial charge is 0.195 e. The lowest BCUT2D eigenvalue weighted by Crippen LogP contribution is -2.15. The maximum atomic E-state index is 14.0. The molecular formula is C15H17F3N2. The Morgan fingerprint density at radius 3 is 2.30 bits per heavy atom. The maximum Gasteiger partial charge on any atom is 0.195 e. The molecule has 0 aliphatic heterocycles. The lowest BCUT2D eigenvalue weighted by Gasteiger charge is -2.20. The van der Waals surface area contributed by atoms with Gasteiger partial charge in [-0.25, -0.2) is 13.2 Å². The topological polar surface area (TPSA) is 24.9 Å². The average molecular weight is 282 g/mol. The fourth-order valence-electron chi connectivity index (χ4n) is 2.01. The van der Waals surface area contributed by atoms with E-state index >= 15 is 0 Å². The van der Waals surface area contributed by atoms with Crippen LogP contribution in [0.15, 0.2) is 12.1 Å². The predicted molar refractivity (Wildman–Crippen MR) is 74.5 cm³/mol. The third-order valence-corrected chi connectivity index (χ3v) is 3.07. The van der Waals surface area contributed by atoms with E-state index in [1.165, 1.54) is 0 Å². The van der Waals surface area contributed by atoms with Crippen molar-refractivity contribution < 1.29 is 13.2 Å². The zero-order valence-corrected chi connectivity index (χ0v) is 11.9. The Hall–Kier alpha value is -1.78. The molecule has 0 amide bonds. The zero-order chi connectivity index (χ0) is 15.1. The molecule has 0 bridgehead atoms. The van der Waals surface area contributed by atoms with Gasteiger partial charge in [-0.2, -0.15) is 0 Å². The molecule has 0 aliphatic rings. The van der Waals surface area contributed by atoms with E-state index < -0.39 is 17.5 Å². The van der Waals surface area contributed by atoms with Crippen molar-refractivity contribution >= 4 is 16.6 Å². The summed E-state index contributed by atoms with van der Waals surface area (Å²) in [7, 11) is 0. The molecule has 2 rings (SSSR count). The van der Waals surface area contributed by atoms with Crippen molar-refractivity contribution in [1.29, 1.82) is 0 Å². The van der Waals surface area contributed by atoms with Crippen LogP contribution in [0, 0.1) is 17.5 Å². The summed E-state index contributed by atoms with van der Waals surface area (Å²) < 4.78 is 40.8. The van der Waals surface area contributed by atoms with Gasteiger partial charge in [0.05, 0.1) is 10.9 Å². The molecule has 0 saturated heterocycles. The van der Waals surface area contributed by atoms with Gasteiger partial charge in [-0.3, -0.25) is 4.98 Å². The Morgan fingerprint density at radius 1 is 1.10 bits per heavy atom. The normalized spacial score (nSPS) is 11.9. The Balaban J connectivity index is 2.85. The van der Waals surface area contributed by atoms with E-state index in [0.29, 0.717) is 17.9 Å². The highest BCUT2D eigenvalue weighted by molar-refractivity contribution is 5.92. The zero-order valence-electron chi connectivity index (χ0n) is 11.9. The molecule has 0 atom stereocenters. The molecule has 108 valence electrons. The van der Waals surface area contributed by atoms with Crippen LogP contribution in [0.3, 0.4) is 0 Å². The molecule has 0 aliphatic carbocycles. The number of hydrogen-bond donors (Lipinski definition) is 1. The third kappa shape index (κ3) is 2.44. The summed E-state index contributed by atoms with van der Waals surface area (Å²) in [4.78, 5) is 4.27. The van der Waals surface area contributed by atoms with E-state index in [4.69, 9.17) is 0 Å². The van der Waals surface area contributed by atoms with Crippen molar-refractivity contribution in [2.24, 2.45) is 0 Å². The quantitative estimate of drug-likeness (QED) is 0.827. The van der Waals surface area contributed by atoms with Crippen molar-refractivity contribution in [3.05, 3.63) is 35.3 Å². The molecule has 0 unspecified atom stereocenters. The summed E-state index contributed by atoms with van der Waals surface area (Å²) in [5.74, 6) is -3.90. The summed E-state index contributed by atoms with van der Waals surface area (Å²) in [5, 5.41) is 2.97. The van der Waals surface area contributed by atoms with Crippen molar-refractivity contribution in [2.75, 3.05) is 11.9 Å². The van der Waals surface area contributed by atoms with Crippen LogP contribution in [0.2, 0.25) is 0 Å². The van der Waals surface area contributed by atoms with Gasteiger partial charge in [-0.15, -0.1) is 0 Å². The van der Waals surface area contributed by atoms with E-state index in [1.54, 1.807) is 6.07 Å². The fourth-order valence-corrected chi connectivity index (χ4v) is 2.01. The van der Waals surface area contributed by atoms with Crippen LogP contribution in [0.25, 0.3) is 10.9 Å². The average Bonchev–Trinajstić information content (AvgIpc) is 2.34. The summed E-state index contributed by atoms with van der Waals surface area (Å²) in [6.45, 7) is 8.25. The molecule has 0 spiro atoms. The van der Waals surface area contributed by atoms with Crippen LogP contribution in [0.1, 0.15) is 33.4 Å². The van der Waals surface area contributed by atoms with Crippen LogP contribution in [-0.2, 0) is 5.41 Å². The standard InChI is InChI=1S/C15H17F3N2/c1-5-19-9-7-11(15(2,3)4)20-10-6-8(16)13(17)14(18)12(9)10/h6-7H,5H2,1-4H3,(H,19,20). The summed E-state index contributed by atoms with van der Waals surface area (Å²) in [6.07, 6.45) is 0. The van der Waals surface area contributed by atoms with Gasteiger partial charge in [0, 0.05) is 29.4 Å². The number of aromatic nitrogens is 1. The minimum Gasteiger partial charge on any atom is -0.385 e. The van der Waals surface area contributed by atoms with Crippen molar-refractivity contribution in [3.8, 4) is 0 Å². The first kappa shape index (κ1) is 14.6. The molecule has 1 aromatic carbocycles. The number of pyridine rings is 1. The lowest BCUT2D eigenvalue weighted by molar-refractivity contribution is 0.453. The van der Waals surface area contributed by atoms with Gasteiger partial charge in [0.25, 0.3) is 0 Å². The first-order valence-electron chi connectivity index (χ1n) is 6.48. The van der Waals surface area contributed by atoms with Crippen LogP contribution < -0.4 is 5.32 Å². The second-order valence-electron chi connectivity index (χ2n) is 5.72. The second kappa shape index (κ2) is 4.96. The largest absolute Gasteiger partial charge is 0.385 e. The van der Waals surface area contributed by atoms with Gasteiger partial charge in [-0.1, -0.05) is 20.8 Å². The molecule has 0 radical (unpaired) electrons. The van der Waals surface area contributed by atoms with Crippen LogP contribution >= 0.6 is 0 Å². The predicted octanol–water partition coefficient (Wildman–Crippen LogP) is 4.38. The Kier molecular flexibility index (Phi) is 3.63. The highest BCUT2D eigenvalue weighted by atomic mass is 19.2. The van der Waals surface area contributed by atoms with Crippen LogP contribution in [0.5, 0.6) is 0 Å². The summed E-state index contributed by atoms with van der Waals surface area (Å²) in [6, 6.07) is 2.62. The molecule has 1 heterocycles. The maximum absolute atomic E-state index is 14.0. The minimum absolute atomic E-state index is 0.0150. The van der Waals surface area contributed by atoms with E-state index in [2.05, 4.69) is 10.3 Å². The molecule has 0 saturated carbocycles. The molecule has 2 nitrogen and oxygen atoms in total.